The quantitative estimate of drug-likeness (QED) is 0.571. The summed E-state index contributed by atoms with van der Waals surface area (Å²) in [4.78, 5) is 0. The molecule has 25 heavy (non-hydrogen) atoms. The average molecular weight is 350 g/mol. The van der Waals surface area contributed by atoms with E-state index in [1.807, 2.05) is 44.2 Å². The van der Waals surface area contributed by atoms with Crippen LogP contribution in [0.25, 0.3) is 0 Å². The molecule has 0 saturated carbocycles. The van der Waals surface area contributed by atoms with Crippen molar-refractivity contribution in [1.29, 1.82) is 0 Å². The van der Waals surface area contributed by atoms with Crippen molar-refractivity contribution in [2.24, 2.45) is 0 Å². The topological polar surface area (TPSA) is 66.4 Å². The summed E-state index contributed by atoms with van der Waals surface area (Å²) in [7, 11) is 0. The monoisotopic (exact) mass is 350 g/mol. The summed E-state index contributed by atoms with van der Waals surface area (Å²) >= 11 is 0. The van der Waals surface area contributed by atoms with Crippen LogP contribution >= 0.6 is 0 Å². The van der Waals surface area contributed by atoms with Gasteiger partial charge in [0.05, 0.1) is 19.8 Å². The van der Waals surface area contributed by atoms with Crippen LogP contribution in [0.5, 0.6) is 0 Å². The molecule has 0 bridgehead atoms. The van der Waals surface area contributed by atoms with Gasteiger partial charge in [-0.3, -0.25) is 0 Å². The third kappa shape index (κ3) is 4.47. The molecule has 0 aliphatic carbocycles. The molecule has 5 atom stereocenters. The first-order chi connectivity index (χ1) is 12.0. The molecule has 0 aromatic heterocycles. The van der Waals surface area contributed by atoms with Crippen LogP contribution in [-0.2, 0) is 30.3 Å². The smallest absolute Gasteiger partial charge is 0.190 e. The maximum Gasteiger partial charge on any atom is 0.190 e. The lowest BCUT2D eigenvalue weighted by molar-refractivity contribution is -0.233. The number of rotatable bonds is 8. The van der Waals surface area contributed by atoms with E-state index in [0.717, 1.165) is 5.56 Å². The van der Waals surface area contributed by atoms with E-state index in [-0.39, 0.29) is 6.61 Å². The summed E-state index contributed by atoms with van der Waals surface area (Å²) in [5, 5.41) is 10.5. The van der Waals surface area contributed by atoms with Crippen LogP contribution in [0.2, 0.25) is 0 Å². The van der Waals surface area contributed by atoms with Gasteiger partial charge in [-0.2, -0.15) is 0 Å². The van der Waals surface area contributed by atoms with Gasteiger partial charge in [0.25, 0.3) is 0 Å². The number of aliphatic hydroxyl groups excluding tert-OH is 1. The third-order valence-electron chi connectivity index (χ3n) is 4.22. The Morgan fingerprint density at radius 2 is 2.04 bits per heavy atom. The first-order valence-corrected chi connectivity index (χ1v) is 8.53. The van der Waals surface area contributed by atoms with Gasteiger partial charge in [0.15, 0.2) is 12.1 Å². The molecule has 1 aromatic rings. The lowest BCUT2D eigenvalue weighted by atomic mass is 10.1. The van der Waals surface area contributed by atoms with Crippen molar-refractivity contribution in [3.8, 4) is 0 Å². The molecule has 2 fully saturated rings. The molecule has 3 rings (SSSR count). The molecule has 6 heteroatoms. The minimum Gasteiger partial charge on any atom is -0.388 e. The molecular formula is C19H26O6. The van der Waals surface area contributed by atoms with Crippen LogP contribution in [0.3, 0.4) is 0 Å². The van der Waals surface area contributed by atoms with Gasteiger partial charge in [0, 0.05) is 0 Å². The summed E-state index contributed by atoms with van der Waals surface area (Å²) in [6, 6.07) is 9.85. The molecular weight excluding hydrogens is 324 g/mol. The lowest BCUT2D eigenvalue weighted by Gasteiger charge is -2.28. The van der Waals surface area contributed by atoms with Gasteiger partial charge in [-0.15, -0.1) is 6.58 Å². The number of hydrogen-bond acceptors (Lipinski definition) is 6. The van der Waals surface area contributed by atoms with Crippen LogP contribution in [-0.4, -0.2) is 54.8 Å². The second kappa shape index (κ2) is 7.95. The Kier molecular flexibility index (Phi) is 5.89. The Bertz CT molecular complexity index is 560. The summed E-state index contributed by atoms with van der Waals surface area (Å²) in [6.07, 6.45) is -1.20. The lowest BCUT2D eigenvalue weighted by Crippen LogP contribution is -2.44. The van der Waals surface area contributed by atoms with E-state index in [4.69, 9.17) is 23.7 Å². The van der Waals surface area contributed by atoms with Crippen LogP contribution in [0.15, 0.2) is 43.0 Å². The van der Waals surface area contributed by atoms with E-state index < -0.39 is 36.5 Å². The molecule has 0 radical (unpaired) electrons. The zero-order valence-corrected chi connectivity index (χ0v) is 14.7. The number of fused-ring (bicyclic) bond motifs is 1. The molecule has 1 N–H and O–H groups in total. The van der Waals surface area contributed by atoms with E-state index >= 15 is 0 Å². The molecule has 2 heterocycles. The molecule has 0 spiro atoms. The molecule has 2 saturated heterocycles. The Morgan fingerprint density at radius 3 is 2.76 bits per heavy atom. The predicted molar refractivity (Wildman–Crippen MR) is 90.7 cm³/mol. The zero-order chi connectivity index (χ0) is 17.9. The highest BCUT2D eigenvalue weighted by Crippen LogP contribution is 2.40. The van der Waals surface area contributed by atoms with Crippen LogP contribution in [0.1, 0.15) is 19.4 Å². The summed E-state index contributed by atoms with van der Waals surface area (Å²) in [6.45, 7) is 8.16. The maximum atomic E-state index is 10.5. The van der Waals surface area contributed by atoms with Crippen LogP contribution in [0.4, 0.5) is 0 Å². The van der Waals surface area contributed by atoms with Gasteiger partial charge in [-0.25, -0.2) is 0 Å². The van der Waals surface area contributed by atoms with Gasteiger partial charge in [-0.1, -0.05) is 36.4 Å². The summed E-state index contributed by atoms with van der Waals surface area (Å²) in [5.41, 5.74) is 1.04. The SMILES string of the molecule is C=CCOC[C@H](O)[C@H]1O[C@H]2OC(C)(C)O[C@H]2[C@@H]1OCc1ccccc1. The minimum absolute atomic E-state index is 0.130. The third-order valence-corrected chi connectivity index (χ3v) is 4.22. The van der Waals surface area contributed by atoms with Crippen molar-refractivity contribution >= 4 is 0 Å². The Hall–Kier alpha value is -1.28. The number of benzene rings is 1. The zero-order valence-electron chi connectivity index (χ0n) is 14.7. The first kappa shape index (κ1) is 18.5. The number of aliphatic hydroxyl groups is 1. The van der Waals surface area contributed by atoms with Gasteiger partial charge in [0.1, 0.15) is 24.4 Å². The van der Waals surface area contributed by atoms with Crippen LogP contribution < -0.4 is 0 Å². The van der Waals surface area contributed by atoms with Crippen molar-refractivity contribution < 1.29 is 28.8 Å². The molecule has 2 aliphatic rings. The van der Waals surface area contributed by atoms with Gasteiger partial charge >= 0.3 is 0 Å². The largest absolute Gasteiger partial charge is 0.388 e. The number of hydrogen-bond donors (Lipinski definition) is 1. The average Bonchev–Trinajstić information content (AvgIpc) is 3.06. The minimum atomic E-state index is -0.846. The van der Waals surface area contributed by atoms with E-state index in [0.29, 0.717) is 13.2 Å². The van der Waals surface area contributed by atoms with Crippen molar-refractivity contribution in [3.63, 3.8) is 0 Å². The van der Waals surface area contributed by atoms with E-state index in [1.54, 1.807) is 6.08 Å². The van der Waals surface area contributed by atoms with E-state index in [2.05, 4.69) is 6.58 Å². The second-order valence-electron chi connectivity index (χ2n) is 6.72. The fourth-order valence-electron chi connectivity index (χ4n) is 3.14. The molecule has 1 aromatic carbocycles. The van der Waals surface area contributed by atoms with Gasteiger partial charge in [0.2, 0.25) is 0 Å². The molecule has 6 nitrogen and oxygen atoms in total. The predicted octanol–water partition coefficient (Wildman–Crippen LogP) is 2.01. The second-order valence-corrected chi connectivity index (χ2v) is 6.72. The summed E-state index contributed by atoms with van der Waals surface area (Å²) in [5.74, 6) is -0.737. The van der Waals surface area contributed by atoms with Crippen LogP contribution in [0, 0.1) is 0 Å². The highest BCUT2D eigenvalue weighted by molar-refractivity contribution is 5.13. The Labute approximate surface area is 148 Å². The normalized spacial score (nSPS) is 31.6. The van der Waals surface area contributed by atoms with Crippen molar-refractivity contribution in [2.45, 2.75) is 56.9 Å². The van der Waals surface area contributed by atoms with Crippen molar-refractivity contribution in [2.75, 3.05) is 13.2 Å². The summed E-state index contributed by atoms with van der Waals surface area (Å²) < 4.78 is 29.0. The van der Waals surface area contributed by atoms with Gasteiger partial charge in [-0.05, 0) is 19.4 Å². The maximum absolute atomic E-state index is 10.5. The fourth-order valence-corrected chi connectivity index (χ4v) is 3.14. The van der Waals surface area contributed by atoms with E-state index in [1.165, 1.54) is 0 Å². The Morgan fingerprint density at radius 1 is 1.28 bits per heavy atom. The molecule has 0 amide bonds. The standard InChI is InChI=1S/C19H26O6/c1-4-10-21-12-14(20)15-16(22-11-13-8-6-5-7-9-13)17-18(23-15)25-19(2,3)24-17/h4-9,14-18,20H,1,10-12H2,2-3H3/t14-,15+,16+,17-,18-/m0/s1. The molecule has 0 unspecified atom stereocenters. The molecule has 138 valence electrons. The van der Waals surface area contributed by atoms with Gasteiger partial charge < -0.3 is 28.8 Å². The first-order valence-electron chi connectivity index (χ1n) is 8.53. The van der Waals surface area contributed by atoms with Crippen molar-refractivity contribution in [3.05, 3.63) is 48.6 Å². The molecule has 2 aliphatic heterocycles. The van der Waals surface area contributed by atoms with E-state index in [9.17, 15) is 5.11 Å². The highest BCUT2D eigenvalue weighted by Gasteiger charge is 2.57. The van der Waals surface area contributed by atoms with Crippen molar-refractivity contribution in [1.82, 2.24) is 0 Å². The number of ether oxygens (including phenoxy) is 5. The fraction of sp³-hybridized carbons (Fsp3) is 0.579. The highest BCUT2D eigenvalue weighted by atomic mass is 16.8. The Balaban J connectivity index is 1.67.